The van der Waals surface area contributed by atoms with Crippen LogP contribution in [0, 0.1) is 0 Å². The van der Waals surface area contributed by atoms with Gasteiger partial charge in [0.1, 0.15) is 18.5 Å². The van der Waals surface area contributed by atoms with Crippen LogP contribution in [-0.2, 0) is 16.0 Å². The van der Waals surface area contributed by atoms with Crippen molar-refractivity contribution >= 4 is 22.8 Å². The Balaban J connectivity index is 0.000000604. The van der Waals surface area contributed by atoms with E-state index in [0.29, 0.717) is 24.5 Å². The van der Waals surface area contributed by atoms with Crippen molar-refractivity contribution < 1.29 is 24.2 Å². The molecule has 0 bridgehead atoms. The summed E-state index contributed by atoms with van der Waals surface area (Å²) in [6.07, 6.45) is 2.13. The number of carbonyl (C=O) groups excluding carboxylic acids is 2. The van der Waals surface area contributed by atoms with Crippen LogP contribution in [0.4, 0.5) is 0 Å². The minimum Gasteiger partial charge on any atom is -0.490 e. The number of aromatic amines is 1. The maximum absolute atomic E-state index is 11.4. The van der Waals surface area contributed by atoms with Crippen molar-refractivity contribution in [1.82, 2.24) is 10.3 Å². The summed E-state index contributed by atoms with van der Waals surface area (Å²) < 4.78 is 10.00. The molecule has 2 aromatic carbocycles. The molecular weight excluding hydrogens is 434 g/mol. The Kier molecular flexibility index (Phi) is 10.1. The number of fused-ring (bicyclic) bond motifs is 1. The van der Waals surface area contributed by atoms with Gasteiger partial charge in [0.2, 0.25) is 0 Å². The Morgan fingerprint density at radius 1 is 1.15 bits per heavy atom. The molecule has 3 aromatic rings. The lowest BCUT2D eigenvalue weighted by molar-refractivity contribution is -0.140. The summed E-state index contributed by atoms with van der Waals surface area (Å²) in [6, 6.07) is 15.0. The molecule has 1 atom stereocenters. The number of benzene rings is 2. The second-order valence-electron chi connectivity index (χ2n) is 8.55. The lowest BCUT2D eigenvalue weighted by Gasteiger charge is -2.28. The maximum atomic E-state index is 11.4. The number of nitrogens with two attached hydrogens (primary N) is 1. The van der Waals surface area contributed by atoms with Gasteiger partial charge in [-0.2, -0.15) is 0 Å². The number of β-amino-alcohol motifs (C(OH)–C–C–N with tert-alkyl or cyclic N) is 1. The van der Waals surface area contributed by atoms with E-state index in [2.05, 4.69) is 41.0 Å². The van der Waals surface area contributed by atoms with E-state index in [4.69, 9.17) is 10.5 Å². The number of hydrogen-bond acceptors (Lipinski definition) is 6. The minimum atomic E-state index is -0.719. The van der Waals surface area contributed by atoms with Gasteiger partial charge in [0.05, 0.1) is 12.2 Å². The van der Waals surface area contributed by atoms with Crippen LogP contribution in [0.5, 0.6) is 5.75 Å². The monoisotopic (exact) mass is 469 g/mol. The molecule has 8 heteroatoms. The molecule has 5 N–H and O–H groups in total. The third-order valence-electron chi connectivity index (χ3n) is 5.05. The first kappa shape index (κ1) is 26.9. The van der Waals surface area contributed by atoms with E-state index in [1.807, 2.05) is 18.3 Å². The Labute approximate surface area is 200 Å². The van der Waals surface area contributed by atoms with Crippen LogP contribution in [0.1, 0.15) is 43.6 Å². The number of rotatable bonds is 10. The first-order valence-electron chi connectivity index (χ1n) is 11.3. The van der Waals surface area contributed by atoms with Crippen LogP contribution in [-0.4, -0.2) is 53.4 Å². The first-order chi connectivity index (χ1) is 16.1. The summed E-state index contributed by atoms with van der Waals surface area (Å²) in [4.78, 5) is 24.5. The molecule has 0 aliphatic heterocycles. The lowest BCUT2D eigenvalue weighted by Crippen LogP contribution is -2.46. The molecule has 0 saturated carbocycles. The predicted molar refractivity (Wildman–Crippen MR) is 133 cm³/mol. The van der Waals surface area contributed by atoms with Crippen LogP contribution >= 0.6 is 0 Å². The van der Waals surface area contributed by atoms with Crippen molar-refractivity contribution in [2.24, 2.45) is 5.73 Å². The average Bonchev–Trinajstić information content (AvgIpc) is 3.19. The SMILES string of the molecule is CC(C)(Cc1c[nH]c2ccccc12)NCC(O)COc1ccccc1C(N)=O.CCOC(C)=O. The van der Waals surface area contributed by atoms with Crippen LogP contribution in [0.3, 0.4) is 0 Å². The number of aliphatic hydroxyl groups is 1. The average molecular weight is 470 g/mol. The van der Waals surface area contributed by atoms with Gasteiger partial charge in [-0.05, 0) is 51.0 Å². The van der Waals surface area contributed by atoms with Gasteiger partial charge in [-0.1, -0.05) is 30.3 Å². The molecule has 0 spiro atoms. The minimum absolute atomic E-state index is 0.0699. The quantitative estimate of drug-likeness (QED) is 0.338. The number of para-hydroxylation sites is 2. The summed E-state index contributed by atoms with van der Waals surface area (Å²) in [5.41, 5.74) is 7.79. The van der Waals surface area contributed by atoms with Gasteiger partial charge in [-0.25, -0.2) is 0 Å². The third-order valence-corrected chi connectivity index (χ3v) is 5.05. The second-order valence-corrected chi connectivity index (χ2v) is 8.55. The standard InChI is InChI=1S/C22H27N3O3.C4H8O2/c1-22(2,11-15-12-24-19-9-5-3-7-17(15)19)25-13-16(26)14-28-20-10-6-4-8-18(20)21(23)27;1-3-6-4(2)5/h3-10,12,16,24-26H,11,13-14H2,1-2H3,(H2,23,27);3H2,1-2H3. The van der Waals surface area contributed by atoms with E-state index in [9.17, 15) is 14.7 Å². The van der Waals surface area contributed by atoms with E-state index in [1.54, 1.807) is 31.2 Å². The molecule has 1 amide bonds. The molecule has 0 fully saturated rings. The zero-order chi connectivity index (χ0) is 25.1. The number of H-pyrrole nitrogens is 1. The summed E-state index contributed by atoms with van der Waals surface area (Å²) in [7, 11) is 0. The molecule has 8 nitrogen and oxygen atoms in total. The van der Waals surface area contributed by atoms with Crippen molar-refractivity contribution in [3.63, 3.8) is 0 Å². The molecule has 0 saturated heterocycles. The predicted octanol–water partition coefficient (Wildman–Crippen LogP) is 3.19. The largest absolute Gasteiger partial charge is 0.490 e. The number of aromatic nitrogens is 1. The zero-order valence-electron chi connectivity index (χ0n) is 20.3. The number of esters is 1. The molecule has 34 heavy (non-hydrogen) atoms. The Morgan fingerprint density at radius 2 is 1.82 bits per heavy atom. The highest BCUT2D eigenvalue weighted by atomic mass is 16.5. The number of primary amides is 1. The van der Waals surface area contributed by atoms with Crippen molar-refractivity contribution in [3.8, 4) is 5.75 Å². The summed E-state index contributed by atoms with van der Waals surface area (Å²) >= 11 is 0. The summed E-state index contributed by atoms with van der Waals surface area (Å²) in [5.74, 6) is -0.382. The normalized spacial score (nSPS) is 11.9. The molecule has 3 rings (SSSR count). The van der Waals surface area contributed by atoms with Crippen LogP contribution < -0.4 is 15.8 Å². The Morgan fingerprint density at radius 3 is 2.47 bits per heavy atom. The number of nitrogens with one attached hydrogen (secondary N) is 2. The lowest BCUT2D eigenvalue weighted by atomic mass is 9.94. The third kappa shape index (κ3) is 8.53. The van der Waals surface area contributed by atoms with Gasteiger partial charge in [0.15, 0.2) is 0 Å². The van der Waals surface area contributed by atoms with Crippen LogP contribution in [0.15, 0.2) is 54.7 Å². The molecule has 1 unspecified atom stereocenters. The van der Waals surface area contributed by atoms with E-state index in [-0.39, 0.29) is 18.1 Å². The maximum Gasteiger partial charge on any atom is 0.302 e. The molecule has 1 aromatic heterocycles. The van der Waals surface area contributed by atoms with E-state index in [1.165, 1.54) is 17.9 Å². The molecule has 0 aliphatic rings. The van der Waals surface area contributed by atoms with Crippen molar-refractivity contribution in [2.75, 3.05) is 19.8 Å². The zero-order valence-corrected chi connectivity index (χ0v) is 20.3. The molecule has 1 heterocycles. The number of ether oxygens (including phenoxy) is 2. The number of aliphatic hydroxyl groups excluding tert-OH is 1. The van der Waals surface area contributed by atoms with E-state index >= 15 is 0 Å². The Bertz CT molecular complexity index is 1080. The number of carbonyl (C=O) groups is 2. The Hall–Kier alpha value is -3.36. The van der Waals surface area contributed by atoms with Gasteiger partial charge in [-0.3, -0.25) is 9.59 Å². The van der Waals surface area contributed by atoms with Crippen molar-refractivity contribution in [3.05, 3.63) is 65.9 Å². The molecule has 0 aliphatic carbocycles. The fourth-order valence-electron chi connectivity index (χ4n) is 3.45. The topological polar surface area (TPSA) is 127 Å². The van der Waals surface area contributed by atoms with Crippen LogP contribution in [0.25, 0.3) is 10.9 Å². The van der Waals surface area contributed by atoms with Gasteiger partial charge in [0.25, 0.3) is 5.91 Å². The van der Waals surface area contributed by atoms with Gasteiger partial charge >= 0.3 is 5.97 Å². The van der Waals surface area contributed by atoms with E-state index in [0.717, 1.165) is 11.9 Å². The van der Waals surface area contributed by atoms with Crippen molar-refractivity contribution in [1.29, 1.82) is 0 Å². The first-order valence-corrected chi connectivity index (χ1v) is 11.3. The van der Waals surface area contributed by atoms with Crippen LogP contribution in [0.2, 0.25) is 0 Å². The summed E-state index contributed by atoms with van der Waals surface area (Å²) in [5, 5.41) is 14.9. The number of amides is 1. The fourth-order valence-corrected chi connectivity index (χ4v) is 3.45. The second kappa shape index (κ2) is 12.8. The number of hydrogen-bond donors (Lipinski definition) is 4. The van der Waals surface area contributed by atoms with Gasteiger partial charge < -0.3 is 30.6 Å². The van der Waals surface area contributed by atoms with E-state index < -0.39 is 12.0 Å². The fraction of sp³-hybridized carbons (Fsp3) is 0.385. The highest BCUT2D eigenvalue weighted by molar-refractivity contribution is 5.95. The molecular formula is C26H35N3O5. The van der Waals surface area contributed by atoms with Gasteiger partial charge in [0, 0.05) is 36.1 Å². The summed E-state index contributed by atoms with van der Waals surface area (Å²) in [6.45, 7) is 8.30. The highest BCUT2D eigenvalue weighted by Crippen LogP contribution is 2.22. The molecule has 184 valence electrons. The smallest absolute Gasteiger partial charge is 0.302 e. The highest BCUT2D eigenvalue weighted by Gasteiger charge is 2.21. The molecule has 0 radical (unpaired) electrons. The van der Waals surface area contributed by atoms with Gasteiger partial charge in [-0.15, -0.1) is 0 Å². The van der Waals surface area contributed by atoms with Crippen molar-refractivity contribution in [2.45, 2.75) is 45.8 Å².